The lowest BCUT2D eigenvalue weighted by molar-refractivity contribution is 0.140. The molecule has 1 aromatic carbocycles. The minimum absolute atomic E-state index is 0.0966. The molecule has 0 bridgehead atoms. The van der Waals surface area contributed by atoms with Gasteiger partial charge in [-0.15, -0.1) is 0 Å². The zero-order valence-electron chi connectivity index (χ0n) is 11.0. The van der Waals surface area contributed by atoms with Crippen molar-refractivity contribution in [1.82, 2.24) is 0 Å². The maximum atomic E-state index is 5.97. The summed E-state index contributed by atoms with van der Waals surface area (Å²) in [6, 6.07) is 5.96. The first-order chi connectivity index (χ1) is 8.69. The van der Waals surface area contributed by atoms with Gasteiger partial charge in [0.2, 0.25) is 0 Å². The van der Waals surface area contributed by atoms with E-state index in [1.807, 2.05) is 25.1 Å². The highest BCUT2D eigenvalue weighted by molar-refractivity contribution is 5.41. The summed E-state index contributed by atoms with van der Waals surface area (Å²) in [4.78, 5) is 0. The van der Waals surface area contributed by atoms with Crippen LogP contribution in [-0.4, -0.2) is 32.5 Å². The Kier molecular flexibility index (Phi) is 4.44. The van der Waals surface area contributed by atoms with Crippen molar-refractivity contribution in [3.05, 3.63) is 23.8 Å². The zero-order valence-corrected chi connectivity index (χ0v) is 11.0. The molecule has 2 atom stereocenters. The Morgan fingerprint density at radius 3 is 2.94 bits per heavy atom. The van der Waals surface area contributed by atoms with Crippen LogP contribution in [0.1, 0.15) is 18.9 Å². The summed E-state index contributed by atoms with van der Waals surface area (Å²) in [5, 5.41) is 0. The van der Waals surface area contributed by atoms with E-state index in [9.17, 15) is 0 Å². The Labute approximate surface area is 108 Å². The van der Waals surface area contributed by atoms with Gasteiger partial charge in [-0.2, -0.15) is 0 Å². The highest BCUT2D eigenvalue weighted by atomic mass is 16.5. The van der Waals surface area contributed by atoms with Crippen LogP contribution in [0, 0.1) is 0 Å². The molecule has 1 heterocycles. The minimum atomic E-state index is 0.0966. The van der Waals surface area contributed by atoms with E-state index in [2.05, 4.69) is 0 Å². The summed E-state index contributed by atoms with van der Waals surface area (Å²) in [7, 11) is 1.66. The van der Waals surface area contributed by atoms with Crippen LogP contribution in [0.3, 0.4) is 0 Å². The molecule has 1 fully saturated rings. The number of nitrogens with two attached hydrogens (primary N) is 1. The van der Waals surface area contributed by atoms with E-state index in [4.69, 9.17) is 19.9 Å². The van der Waals surface area contributed by atoms with E-state index in [1.165, 1.54) is 0 Å². The van der Waals surface area contributed by atoms with Gasteiger partial charge in [0.05, 0.1) is 20.3 Å². The molecule has 1 aromatic rings. The molecule has 2 unspecified atom stereocenters. The quantitative estimate of drug-likeness (QED) is 0.866. The lowest BCUT2D eigenvalue weighted by Crippen LogP contribution is -2.20. The molecule has 4 nitrogen and oxygen atoms in total. The topological polar surface area (TPSA) is 53.7 Å². The number of hydrogen-bond donors (Lipinski definition) is 1. The van der Waals surface area contributed by atoms with E-state index in [0.717, 1.165) is 36.5 Å². The van der Waals surface area contributed by atoms with Crippen LogP contribution in [0.4, 0.5) is 0 Å². The number of ether oxygens (including phenoxy) is 3. The molecule has 0 spiro atoms. The van der Waals surface area contributed by atoms with Crippen LogP contribution in [-0.2, 0) is 11.2 Å². The van der Waals surface area contributed by atoms with Crippen molar-refractivity contribution in [3.8, 4) is 11.5 Å². The number of hydrogen-bond acceptors (Lipinski definition) is 4. The Morgan fingerprint density at radius 1 is 1.50 bits per heavy atom. The largest absolute Gasteiger partial charge is 0.497 e. The van der Waals surface area contributed by atoms with Crippen molar-refractivity contribution in [1.29, 1.82) is 0 Å². The van der Waals surface area contributed by atoms with Crippen molar-refractivity contribution in [2.75, 3.05) is 20.3 Å². The van der Waals surface area contributed by atoms with Crippen LogP contribution in [0.5, 0.6) is 11.5 Å². The molecular weight excluding hydrogens is 230 g/mol. The third-order valence-corrected chi connectivity index (χ3v) is 2.99. The second-order valence-electron chi connectivity index (χ2n) is 4.76. The number of rotatable bonds is 5. The number of benzene rings is 1. The van der Waals surface area contributed by atoms with E-state index >= 15 is 0 Å². The maximum Gasteiger partial charge on any atom is 0.124 e. The molecular formula is C14H21NO3. The molecule has 2 N–H and O–H groups in total. The summed E-state index contributed by atoms with van der Waals surface area (Å²) in [5.74, 6) is 1.73. The summed E-state index contributed by atoms with van der Waals surface area (Å²) < 4.78 is 16.5. The smallest absolute Gasteiger partial charge is 0.124 e. The fraction of sp³-hybridized carbons (Fsp3) is 0.571. The van der Waals surface area contributed by atoms with Crippen LogP contribution in [0.2, 0.25) is 0 Å². The summed E-state index contributed by atoms with van der Waals surface area (Å²) in [6.07, 6.45) is 1.88. The van der Waals surface area contributed by atoms with Gasteiger partial charge in [0, 0.05) is 12.5 Å². The van der Waals surface area contributed by atoms with Crippen molar-refractivity contribution in [2.45, 2.75) is 31.9 Å². The second kappa shape index (κ2) is 6.07. The van der Waals surface area contributed by atoms with Gasteiger partial charge in [0.1, 0.15) is 17.6 Å². The molecule has 4 heteroatoms. The standard InChI is InChI=1S/C14H21NO3/c1-10(15)7-11-8-12(16-2)3-4-14(11)18-13-5-6-17-9-13/h3-4,8,10,13H,5-7,9,15H2,1-2H3. The first kappa shape index (κ1) is 13.2. The molecule has 1 saturated heterocycles. The van der Waals surface area contributed by atoms with Gasteiger partial charge in [-0.1, -0.05) is 0 Å². The molecule has 1 aliphatic rings. The van der Waals surface area contributed by atoms with Gasteiger partial charge in [-0.3, -0.25) is 0 Å². The van der Waals surface area contributed by atoms with Gasteiger partial charge >= 0.3 is 0 Å². The van der Waals surface area contributed by atoms with Crippen molar-refractivity contribution in [2.24, 2.45) is 5.73 Å². The Morgan fingerprint density at radius 2 is 2.33 bits per heavy atom. The fourth-order valence-corrected chi connectivity index (χ4v) is 2.09. The molecule has 18 heavy (non-hydrogen) atoms. The summed E-state index contributed by atoms with van der Waals surface area (Å²) in [5.41, 5.74) is 6.97. The summed E-state index contributed by atoms with van der Waals surface area (Å²) in [6.45, 7) is 3.44. The SMILES string of the molecule is COc1ccc(OC2CCOC2)c(CC(C)N)c1. The van der Waals surface area contributed by atoms with Crippen LogP contribution in [0.15, 0.2) is 18.2 Å². The lowest BCUT2D eigenvalue weighted by Gasteiger charge is -2.17. The average molecular weight is 251 g/mol. The van der Waals surface area contributed by atoms with E-state index in [-0.39, 0.29) is 12.1 Å². The molecule has 0 saturated carbocycles. The van der Waals surface area contributed by atoms with E-state index in [1.54, 1.807) is 7.11 Å². The maximum absolute atomic E-state index is 5.97. The van der Waals surface area contributed by atoms with Crippen molar-refractivity contribution in [3.63, 3.8) is 0 Å². The predicted molar refractivity (Wildman–Crippen MR) is 70.2 cm³/mol. The highest BCUT2D eigenvalue weighted by Gasteiger charge is 2.19. The monoisotopic (exact) mass is 251 g/mol. The lowest BCUT2D eigenvalue weighted by atomic mass is 10.1. The minimum Gasteiger partial charge on any atom is -0.497 e. The molecule has 1 aliphatic heterocycles. The van der Waals surface area contributed by atoms with Gasteiger partial charge in [-0.05, 0) is 37.1 Å². The Hall–Kier alpha value is -1.26. The highest BCUT2D eigenvalue weighted by Crippen LogP contribution is 2.27. The third-order valence-electron chi connectivity index (χ3n) is 2.99. The van der Waals surface area contributed by atoms with Gasteiger partial charge in [0.15, 0.2) is 0 Å². The first-order valence-electron chi connectivity index (χ1n) is 6.36. The number of methoxy groups -OCH3 is 1. The molecule has 0 radical (unpaired) electrons. The Balaban J connectivity index is 2.15. The van der Waals surface area contributed by atoms with E-state index in [0.29, 0.717) is 6.61 Å². The van der Waals surface area contributed by atoms with Gasteiger partial charge in [-0.25, -0.2) is 0 Å². The zero-order chi connectivity index (χ0) is 13.0. The van der Waals surface area contributed by atoms with Crippen molar-refractivity contribution < 1.29 is 14.2 Å². The van der Waals surface area contributed by atoms with Crippen LogP contribution < -0.4 is 15.2 Å². The normalized spacial score (nSPS) is 20.7. The third kappa shape index (κ3) is 3.37. The molecule has 0 aliphatic carbocycles. The average Bonchev–Trinajstić information content (AvgIpc) is 2.83. The second-order valence-corrected chi connectivity index (χ2v) is 4.76. The fourth-order valence-electron chi connectivity index (χ4n) is 2.09. The van der Waals surface area contributed by atoms with Crippen LogP contribution >= 0.6 is 0 Å². The van der Waals surface area contributed by atoms with Gasteiger partial charge in [0.25, 0.3) is 0 Å². The first-order valence-corrected chi connectivity index (χ1v) is 6.36. The van der Waals surface area contributed by atoms with Crippen LogP contribution in [0.25, 0.3) is 0 Å². The summed E-state index contributed by atoms with van der Waals surface area (Å²) >= 11 is 0. The van der Waals surface area contributed by atoms with Crippen molar-refractivity contribution >= 4 is 0 Å². The molecule has 0 aromatic heterocycles. The molecule has 100 valence electrons. The van der Waals surface area contributed by atoms with Gasteiger partial charge < -0.3 is 19.9 Å². The molecule has 0 amide bonds. The molecule has 2 rings (SSSR count). The predicted octanol–water partition coefficient (Wildman–Crippen LogP) is 1.75. The van der Waals surface area contributed by atoms with E-state index < -0.39 is 0 Å². The Bertz CT molecular complexity index is 387.